The van der Waals surface area contributed by atoms with Crippen LogP contribution < -0.4 is 4.90 Å². The number of aromatic amines is 1. The molecule has 6 nitrogen and oxygen atoms in total. The Hall–Kier alpha value is -3.52. The van der Waals surface area contributed by atoms with Crippen molar-refractivity contribution in [3.05, 3.63) is 77.1 Å². The van der Waals surface area contributed by atoms with Gasteiger partial charge in [-0.15, -0.1) is 0 Å². The van der Waals surface area contributed by atoms with Crippen molar-refractivity contribution in [2.45, 2.75) is 18.9 Å². The van der Waals surface area contributed by atoms with Gasteiger partial charge in [0.1, 0.15) is 23.3 Å². The fourth-order valence-electron chi connectivity index (χ4n) is 4.44. The molecule has 0 unspecified atom stereocenters. The second kappa shape index (κ2) is 7.27. The molecule has 1 aliphatic rings. The number of benzene rings is 2. The molecule has 6 rings (SSSR count). The minimum atomic E-state index is -0.446. The van der Waals surface area contributed by atoms with Gasteiger partial charge in [0, 0.05) is 18.3 Å². The summed E-state index contributed by atoms with van der Waals surface area (Å²) in [4.78, 5) is 14.7. The van der Waals surface area contributed by atoms with Gasteiger partial charge >= 0.3 is 0 Å². The summed E-state index contributed by atoms with van der Waals surface area (Å²) >= 11 is 6.29. The maximum atomic E-state index is 14.5. The molecule has 5 aromatic rings. The van der Waals surface area contributed by atoms with Crippen LogP contribution in [0.4, 0.5) is 14.6 Å². The van der Waals surface area contributed by atoms with Gasteiger partial charge < -0.3 is 9.88 Å². The van der Waals surface area contributed by atoms with Gasteiger partial charge in [0.25, 0.3) is 0 Å². The van der Waals surface area contributed by atoms with Crippen molar-refractivity contribution in [3.8, 4) is 11.4 Å². The summed E-state index contributed by atoms with van der Waals surface area (Å²) in [7, 11) is 0. The highest BCUT2D eigenvalue weighted by atomic mass is 35.5. The first-order valence-electron chi connectivity index (χ1n) is 10.3. The predicted octanol–water partition coefficient (Wildman–Crippen LogP) is 5.55. The highest BCUT2D eigenvalue weighted by Gasteiger charge is 2.30. The van der Waals surface area contributed by atoms with E-state index in [4.69, 9.17) is 16.6 Å². The highest BCUT2D eigenvalue weighted by Crippen LogP contribution is 2.37. The molecule has 160 valence electrons. The van der Waals surface area contributed by atoms with Gasteiger partial charge in [-0.1, -0.05) is 17.7 Å². The number of H-pyrrole nitrogens is 1. The smallest absolute Gasteiger partial charge is 0.168 e. The maximum absolute atomic E-state index is 14.5. The average molecular weight is 451 g/mol. The minimum absolute atomic E-state index is 0.281. The number of imidazole rings is 1. The number of hydrogen-bond acceptors (Lipinski definition) is 4. The van der Waals surface area contributed by atoms with Crippen molar-refractivity contribution in [2.75, 3.05) is 11.4 Å². The van der Waals surface area contributed by atoms with Gasteiger partial charge in [-0.25, -0.2) is 23.3 Å². The number of anilines is 1. The van der Waals surface area contributed by atoms with E-state index in [0.717, 1.165) is 35.5 Å². The van der Waals surface area contributed by atoms with Crippen LogP contribution in [0, 0.1) is 11.6 Å². The maximum Gasteiger partial charge on any atom is 0.168 e. The van der Waals surface area contributed by atoms with Gasteiger partial charge in [0.2, 0.25) is 0 Å². The van der Waals surface area contributed by atoms with Crippen LogP contribution in [0.5, 0.6) is 0 Å². The molecule has 9 heteroatoms. The Morgan fingerprint density at radius 3 is 2.88 bits per heavy atom. The first kappa shape index (κ1) is 19.2. The molecule has 2 aromatic carbocycles. The summed E-state index contributed by atoms with van der Waals surface area (Å²) < 4.78 is 30.0. The van der Waals surface area contributed by atoms with Crippen molar-refractivity contribution >= 4 is 34.1 Å². The van der Waals surface area contributed by atoms with Crippen LogP contribution in [0.1, 0.15) is 24.4 Å². The molecule has 0 amide bonds. The Bertz CT molecular complexity index is 1480. The molecule has 4 heterocycles. The lowest BCUT2D eigenvalue weighted by Gasteiger charge is -2.26. The van der Waals surface area contributed by atoms with E-state index in [2.05, 4.69) is 15.1 Å². The van der Waals surface area contributed by atoms with E-state index in [-0.39, 0.29) is 6.04 Å². The van der Waals surface area contributed by atoms with Crippen LogP contribution in [-0.4, -0.2) is 31.1 Å². The summed E-state index contributed by atoms with van der Waals surface area (Å²) in [6.07, 6.45) is 5.10. The van der Waals surface area contributed by atoms with Crippen LogP contribution in [0.3, 0.4) is 0 Å². The summed E-state index contributed by atoms with van der Waals surface area (Å²) in [5, 5.41) is 4.98. The molecule has 1 saturated heterocycles. The zero-order chi connectivity index (χ0) is 21.8. The molecule has 0 radical (unpaired) electrons. The Morgan fingerprint density at radius 2 is 2.00 bits per heavy atom. The van der Waals surface area contributed by atoms with Crippen LogP contribution in [-0.2, 0) is 0 Å². The number of halogens is 3. The standard InChI is InChI=1S/C23H17ClF2N6/c24-16-3-1-4-18-21(16)30-22(28-18)15-12-27-32-10-8-20(29-23(15)32)31-9-2-5-19(31)14-11-13(25)6-7-17(14)26/h1,3-4,6-8,10-12,19H,2,5,9H2,(H,28,30)/t19-/m1/s1. The zero-order valence-electron chi connectivity index (χ0n) is 16.8. The summed E-state index contributed by atoms with van der Waals surface area (Å²) in [6.45, 7) is 0.702. The second-order valence-corrected chi connectivity index (χ2v) is 8.26. The molecule has 0 bridgehead atoms. The van der Waals surface area contributed by atoms with E-state index in [1.165, 1.54) is 12.1 Å². The van der Waals surface area contributed by atoms with E-state index in [9.17, 15) is 8.78 Å². The van der Waals surface area contributed by atoms with Gasteiger partial charge in [0.05, 0.1) is 33.9 Å². The van der Waals surface area contributed by atoms with Crippen molar-refractivity contribution in [3.63, 3.8) is 0 Å². The number of fused-ring (bicyclic) bond motifs is 2. The lowest BCUT2D eigenvalue weighted by molar-refractivity contribution is 0.560. The lowest BCUT2D eigenvalue weighted by Crippen LogP contribution is -2.24. The van der Waals surface area contributed by atoms with E-state index in [0.29, 0.717) is 34.4 Å². The second-order valence-electron chi connectivity index (χ2n) is 7.85. The first-order valence-corrected chi connectivity index (χ1v) is 10.7. The number of aromatic nitrogens is 5. The topological polar surface area (TPSA) is 62.1 Å². The summed E-state index contributed by atoms with van der Waals surface area (Å²) in [6, 6.07) is 10.7. The molecular weight excluding hydrogens is 434 g/mol. The van der Waals surface area contributed by atoms with Crippen LogP contribution in [0.15, 0.2) is 54.9 Å². The minimum Gasteiger partial charge on any atom is -0.349 e. The van der Waals surface area contributed by atoms with Gasteiger partial charge in [-0.05, 0) is 49.2 Å². The molecular formula is C23H17ClF2N6. The third-order valence-electron chi connectivity index (χ3n) is 5.94. The summed E-state index contributed by atoms with van der Waals surface area (Å²) in [5.41, 5.74) is 3.20. The highest BCUT2D eigenvalue weighted by molar-refractivity contribution is 6.35. The zero-order valence-corrected chi connectivity index (χ0v) is 17.5. The average Bonchev–Trinajstić information content (AvgIpc) is 3.52. The molecule has 1 aliphatic heterocycles. The van der Waals surface area contributed by atoms with Crippen molar-refractivity contribution in [2.24, 2.45) is 0 Å². The number of rotatable bonds is 3. The van der Waals surface area contributed by atoms with Gasteiger partial charge in [0.15, 0.2) is 5.65 Å². The van der Waals surface area contributed by atoms with E-state index < -0.39 is 11.6 Å². The fraction of sp³-hybridized carbons (Fsp3) is 0.174. The predicted molar refractivity (Wildman–Crippen MR) is 119 cm³/mol. The first-order chi connectivity index (χ1) is 15.6. The fourth-order valence-corrected chi connectivity index (χ4v) is 4.66. The quantitative estimate of drug-likeness (QED) is 0.391. The van der Waals surface area contributed by atoms with Crippen molar-refractivity contribution in [1.82, 2.24) is 24.6 Å². The molecule has 0 saturated carbocycles. The van der Waals surface area contributed by atoms with Crippen LogP contribution in [0.25, 0.3) is 28.1 Å². The Morgan fingerprint density at radius 1 is 1.09 bits per heavy atom. The number of nitrogens with one attached hydrogen (secondary N) is 1. The number of hydrogen-bond donors (Lipinski definition) is 1. The van der Waals surface area contributed by atoms with Crippen molar-refractivity contribution < 1.29 is 8.78 Å². The number of para-hydroxylation sites is 1. The largest absolute Gasteiger partial charge is 0.349 e. The summed E-state index contributed by atoms with van der Waals surface area (Å²) in [5.74, 6) is 0.438. The van der Waals surface area contributed by atoms with Crippen LogP contribution >= 0.6 is 11.6 Å². The molecule has 1 N–H and O–H groups in total. The molecule has 1 fully saturated rings. The van der Waals surface area contributed by atoms with Gasteiger partial charge in [-0.2, -0.15) is 5.10 Å². The molecule has 1 atom stereocenters. The van der Waals surface area contributed by atoms with Crippen molar-refractivity contribution in [1.29, 1.82) is 0 Å². The monoisotopic (exact) mass is 450 g/mol. The van der Waals surface area contributed by atoms with Crippen LogP contribution in [0.2, 0.25) is 5.02 Å². The Labute approximate surface area is 186 Å². The number of nitrogens with zero attached hydrogens (tertiary/aromatic N) is 5. The normalized spacial score (nSPS) is 16.5. The Kier molecular flexibility index (Phi) is 4.36. The molecule has 0 spiro atoms. The lowest BCUT2D eigenvalue weighted by atomic mass is 10.0. The molecule has 32 heavy (non-hydrogen) atoms. The Balaban J connectivity index is 1.44. The van der Waals surface area contributed by atoms with E-state index in [1.54, 1.807) is 16.8 Å². The third-order valence-corrected chi connectivity index (χ3v) is 6.26. The third kappa shape index (κ3) is 3.02. The van der Waals surface area contributed by atoms with E-state index in [1.807, 2.05) is 29.3 Å². The van der Waals surface area contributed by atoms with E-state index >= 15 is 0 Å². The molecule has 3 aromatic heterocycles. The SMILES string of the molecule is Fc1ccc(F)c([C@H]2CCCN2c2ccn3ncc(-c4nc5cccc(Cl)c5[nH]4)c3n2)c1. The molecule has 0 aliphatic carbocycles. The van der Waals surface area contributed by atoms with Gasteiger partial charge in [-0.3, -0.25) is 0 Å².